The van der Waals surface area contributed by atoms with Gasteiger partial charge in [-0.25, -0.2) is 0 Å². The third-order valence-corrected chi connectivity index (χ3v) is 4.88. The molecule has 18 heavy (non-hydrogen) atoms. The number of rotatable bonds is 2. The van der Waals surface area contributed by atoms with Gasteiger partial charge in [-0.05, 0) is 87.4 Å². The zero-order valence-corrected chi connectivity index (χ0v) is 13.4. The average molecular weight is 413 g/mol. The molecule has 2 aromatic rings. The van der Waals surface area contributed by atoms with E-state index in [1.54, 1.807) is 0 Å². The van der Waals surface area contributed by atoms with Gasteiger partial charge in [-0.1, -0.05) is 0 Å². The van der Waals surface area contributed by atoms with E-state index in [-0.39, 0.29) is 0 Å². The van der Waals surface area contributed by atoms with Crippen LogP contribution in [0.3, 0.4) is 0 Å². The molecule has 0 atom stereocenters. The second-order valence-corrected chi connectivity index (χ2v) is 5.91. The molecule has 0 amide bonds. The van der Waals surface area contributed by atoms with Crippen LogP contribution in [0.4, 0.5) is 11.4 Å². The van der Waals surface area contributed by atoms with Crippen LogP contribution in [0, 0.1) is 21.8 Å². The zero-order valence-electron chi connectivity index (χ0n) is 9.67. The molecule has 0 aromatic heterocycles. The van der Waals surface area contributed by atoms with Gasteiger partial charge in [0.15, 0.2) is 0 Å². The van der Waals surface area contributed by atoms with Gasteiger partial charge in [-0.15, -0.1) is 0 Å². The molecule has 0 unspecified atom stereocenters. The third kappa shape index (κ3) is 3.03. The Labute approximate surface area is 128 Å². The van der Waals surface area contributed by atoms with Crippen LogP contribution in [0.5, 0.6) is 0 Å². The molecule has 0 fully saturated rings. The lowest BCUT2D eigenvalue weighted by molar-refractivity contribution is 1.38. The van der Waals surface area contributed by atoms with E-state index in [0.717, 1.165) is 25.0 Å². The van der Waals surface area contributed by atoms with Gasteiger partial charge in [0.25, 0.3) is 0 Å². The summed E-state index contributed by atoms with van der Waals surface area (Å²) in [5, 5.41) is 12.2. The van der Waals surface area contributed by atoms with Gasteiger partial charge in [0.1, 0.15) is 0 Å². The van der Waals surface area contributed by atoms with Crippen LogP contribution in [0.25, 0.3) is 0 Å². The molecule has 2 aromatic carbocycles. The minimum absolute atomic E-state index is 0.714. The predicted molar refractivity (Wildman–Crippen MR) is 86.0 cm³/mol. The molecule has 4 heteroatoms. The molecule has 0 aliphatic rings. The van der Waals surface area contributed by atoms with Crippen LogP contribution < -0.4 is 5.32 Å². The summed E-state index contributed by atoms with van der Waals surface area (Å²) in [4.78, 5) is 0. The summed E-state index contributed by atoms with van der Waals surface area (Å²) in [5.74, 6) is 0. The Bertz CT molecular complexity index is 632. The first-order valence-electron chi connectivity index (χ1n) is 5.33. The molecule has 0 saturated heterocycles. The summed E-state index contributed by atoms with van der Waals surface area (Å²) >= 11 is 5.75. The molecular weight excluding hydrogens is 403 g/mol. The van der Waals surface area contributed by atoms with Gasteiger partial charge in [0, 0.05) is 19.4 Å². The number of aryl methyl sites for hydroxylation is 1. The summed E-state index contributed by atoms with van der Waals surface area (Å²) in [7, 11) is 0. The number of hydrogen-bond donors (Lipinski definition) is 1. The smallest absolute Gasteiger partial charge is 0.0994 e. The maximum Gasteiger partial charge on any atom is 0.0994 e. The number of anilines is 2. The summed E-state index contributed by atoms with van der Waals surface area (Å²) in [6, 6.07) is 14.0. The second-order valence-electron chi connectivity index (χ2n) is 3.90. The highest BCUT2D eigenvalue weighted by atomic mass is 127. The highest BCUT2D eigenvalue weighted by Gasteiger charge is 2.01. The fourth-order valence-corrected chi connectivity index (χ4v) is 2.37. The largest absolute Gasteiger partial charge is 0.355 e. The van der Waals surface area contributed by atoms with Crippen molar-refractivity contribution >= 4 is 49.9 Å². The van der Waals surface area contributed by atoms with Gasteiger partial charge in [-0.2, -0.15) is 5.26 Å². The lowest BCUT2D eigenvalue weighted by atomic mass is 10.1. The van der Waals surface area contributed by atoms with Crippen LogP contribution in [-0.2, 0) is 0 Å². The van der Waals surface area contributed by atoms with Gasteiger partial charge in [0.05, 0.1) is 11.6 Å². The number of nitrogens with one attached hydrogen (secondary N) is 1. The maximum absolute atomic E-state index is 8.89. The summed E-state index contributed by atoms with van der Waals surface area (Å²) in [6.45, 7) is 1.94. The SMILES string of the molecule is Cc1cc(Nc2ccc(Br)c(I)c2)ccc1C#N. The van der Waals surface area contributed by atoms with Crippen LogP contribution in [-0.4, -0.2) is 0 Å². The normalized spacial score (nSPS) is 9.89. The molecule has 1 N–H and O–H groups in total. The van der Waals surface area contributed by atoms with E-state index in [4.69, 9.17) is 5.26 Å². The predicted octanol–water partition coefficient (Wildman–Crippen LogP) is 4.98. The Morgan fingerprint density at radius 1 is 1.17 bits per heavy atom. The number of hydrogen-bond acceptors (Lipinski definition) is 2. The van der Waals surface area contributed by atoms with Gasteiger partial charge in [0.2, 0.25) is 0 Å². The molecule has 2 rings (SSSR count). The van der Waals surface area contributed by atoms with E-state index in [1.165, 1.54) is 0 Å². The van der Waals surface area contributed by atoms with Crippen molar-refractivity contribution in [2.24, 2.45) is 0 Å². The third-order valence-electron chi connectivity index (χ3n) is 2.56. The molecule has 0 bridgehead atoms. The first-order chi connectivity index (χ1) is 8.60. The van der Waals surface area contributed by atoms with Crippen molar-refractivity contribution in [3.05, 3.63) is 55.6 Å². The summed E-state index contributed by atoms with van der Waals surface area (Å²) < 4.78 is 2.24. The van der Waals surface area contributed by atoms with E-state index in [2.05, 4.69) is 56.0 Å². The second kappa shape index (κ2) is 5.72. The average Bonchev–Trinajstić information content (AvgIpc) is 2.34. The molecule has 90 valence electrons. The minimum atomic E-state index is 0.714. The molecule has 0 aliphatic carbocycles. The Kier molecular flexibility index (Phi) is 4.25. The first kappa shape index (κ1) is 13.4. The number of nitriles is 1. The highest BCUT2D eigenvalue weighted by molar-refractivity contribution is 14.1. The Morgan fingerprint density at radius 3 is 2.44 bits per heavy atom. The fourth-order valence-electron chi connectivity index (χ4n) is 1.61. The highest BCUT2D eigenvalue weighted by Crippen LogP contribution is 2.25. The standard InChI is InChI=1S/C14H10BrIN2/c1-9-6-11(3-2-10(9)8-17)18-12-4-5-13(15)14(16)7-12/h2-7,18H,1H3. The van der Waals surface area contributed by atoms with Gasteiger partial charge in [-0.3, -0.25) is 0 Å². The Balaban J connectivity index is 2.26. The van der Waals surface area contributed by atoms with Crippen LogP contribution in [0.2, 0.25) is 0 Å². The van der Waals surface area contributed by atoms with E-state index < -0.39 is 0 Å². The molecule has 0 heterocycles. The van der Waals surface area contributed by atoms with Crippen molar-refractivity contribution in [2.45, 2.75) is 6.92 Å². The molecule has 0 spiro atoms. The maximum atomic E-state index is 8.89. The van der Waals surface area contributed by atoms with Crippen molar-refractivity contribution in [3.8, 4) is 6.07 Å². The number of benzene rings is 2. The Morgan fingerprint density at radius 2 is 1.83 bits per heavy atom. The topological polar surface area (TPSA) is 35.8 Å². The molecule has 0 saturated carbocycles. The lowest BCUT2D eigenvalue weighted by Gasteiger charge is -2.09. The van der Waals surface area contributed by atoms with E-state index in [9.17, 15) is 0 Å². The lowest BCUT2D eigenvalue weighted by Crippen LogP contribution is -1.92. The van der Waals surface area contributed by atoms with Crippen LogP contribution in [0.1, 0.15) is 11.1 Å². The summed E-state index contributed by atoms with van der Waals surface area (Å²) in [5.41, 5.74) is 3.72. The van der Waals surface area contributed by atoms with E-state index >= 15 is 0 Å². The van der Waals surface area contributed by atoms with Crippen molar-refractivity contribution in [1.82, 2.24) is 0 Å². The van der Waals surface area contributed by atoms with E-state index in [0.29, 0.717) is 5.56 Å². The summed E-state index contributed by atoms with van der Waals surface area (Å²) in [6.07, 6.45) is 0. The molecule has 0 aliphatic heterocycles. The van der Waals surface area contributed by atoms with Crippen molar-refractivity contribution in [2.75, 3.05) is 5.32 Å². The first-order valence-corrected chi connectivity index (χ1v) is 7.20. The fraction of sp³-hybridized carbons (Fsp3) is 0.0714. The Hall–Kier alpha value is -1.06. The zero-order chi connectivity index (χ0) is 13.1. The van der Waals surface area contributed by atoms with Crippen molar-refractivity contribution < 1.29 is 0 Å². The van der Waals surface area contributed by atoms with E-state index in [1.807, 2.05) is 37.3 Å². The van der Waals surface area contributed by atoms with Crippen molar-refractivity contribution in [3.63, 3.8) is 0 Å². The number of halogens is 2. The van der Waals surface area contributed by atoms with Gasteiger partial charge >= 0.3 is 0 Å². The quantitative estimate of drug-likeness (QED) is 0.706. The molecule has 2 nitrogen and oxygen atoms in total. The van der Waals surface area contributed by atoms with Crippen molar-refractivity contribution in [1.29, 1.82) is 5.26 Å². The molecular formula is C14H10BrIN2. The molecule has 0 radical (unpaired) electrons. The van der Waals surface area contributed by atoms with Crippen LogP contribution in [0.15, 0.2) is 40.9 Å². The number of nitrogens with zero attached hydrogens (tertiary/aromatic N) is 1. The monoisotopic (exact) mass is 412 g/mol. The minimum Gasteiger partial charge on any atom is -0.355 e. The van der Waals surface area contributed by atoms with Gasteiger partial charge < -0.3 is 5.32 Å². The van der Waals surface area contributed by atoms with Crippen LogP contribution >= 0.6 is 38.5 Å².